The second-order valence-corrected chi connectivity index (χ2v) is 7.43. The first kappa shape index (κ1) is 16.7. The van der Waals surface area contributed by atoms with Crippen LogP contribution in [0.25, 0.3) is 0 Å². The van der Waals surface area contributed by atoms with Crippen LogP contribution in [0.4, 0.5) is 0 Å². The summed E-state index contributed by atoms with van der Waals surface area (Å²) in [6.07, 6.45) is 3.97. The fraction of sp³-hybridized carbons (Fsp3) is 1.00. The smallest absolute Gasteiger partial charge is 0.0594 e. The number of morpholine rings is 1. The molecule has 2 unspecified atom stereocenters. The minimum absolute atomic E-state index is 0.699. The molecule has 0 spiro atoms. The van der Waals surface area contributed by atoms with Crippen LogP contribution in [-0.2, 0) is 4.74 Å². The van der Waals surface area contributed by atoms with E-state index in [2.05, 4.69) is 34.1 Å². The molecule has 3 fully saturated rings. The Bertz CT molecular complexity index is 327. The molecule has 3 heterocycles. The molecule has 5 nitrogen and oxygen atoms in total. The average Bonchev–Trinajstić information content (AvgIpc) is 2.56. The number of nitrogens with one attached hydrogen (secondary N) is 1. The van der Waals surface area contributed by atoms with Crippen molar-refractivity contribution in [2.75, 3.05) is 73.1 Å². The second-order valence-electron chi connectivity index (χ2n) is 7.43. The molecule has 0 radical (unpaired) electrons. The molecule has 3 saturated heterocycles. The third-order valence-electron chi connectivity index (χ3n) is 5.97. The summed E-state index contributed by atoms with van der Waals surface area (Å²) in [5.74, 6) is 0.809. The summed E-state index contributed by atoms with van der Waals surface area (Å²) in [6.45, 7) is 10.2. The van der Waals surface area contributed by atoms with E-state index in [0.717, 1.165) is 44.8 Å². The number of likely N-dealkylation sites (N-methyl/N-ethyl adjacent to an activating group) is 1. The van der Waals surface area contributed by atoms with Crippen molar-refractivity contribution in [1.29, 1.82) is 0 Å². The number of likely N-dealkylation sites (tertiary alicyclic amines) is 1. The third kappa shape index (κ3) is 4.20. The molecule has 0 amide bonds. The Kier molecular flexibility index (Phi) is 6.10. The maximum atomic E-state index is 5.50. The van der Waals surface area contributed by atoms with Gasteiger partial charge in [0.2, 0.25) is 0 Å². The van der Waals surface area contributed by atoms with Gasteiger partial charge in [-0.1, -0.05) is 0 Å². The quantitative estimate of drug-likeness (QED) is 0.808. The highest BCUT2D eigenvalue weighted by Crippen LogP contribution is 2.24. The van der Waals surface area contributed by atoms with Crippen molar-refractivity contribution in [3.63, 3.8) is 0 Å². The highest BCUT2D eigenvalue weighted by Gasteiger charge is 2.33. The van der Waals surface area contributed by atoms with Crippen LogP contribution in [0.5, 0.6) is 0 Å². The van der Waals surface area contributed by atoms with Gasteiger partial charge in [-0.25, -0.2) is 0 Å². The molecule has 3 rings (SSSR count). The zero-order chi connectivity index (χ0) is 15.4. The van der Waals surface area contributed by atoms with E-state index in [1.54, 1.807) is 0 Å². The summed E-state index contributed by atoms with van der Waals surface area (Å²) in [5, 5.41) is 3.64. The van der Waals surface area contributed by atoms with E-state index in [-0.39, 0.29) is 0 Å². The fourth-order valence-corrected chi connectivity index (χ4v) is 4.37. The standard InChI is InChI=1S/C17H34N4O/c1-19-7-4-16(5-8-19)20(2)17-13-18-6-3-15(17)14-21-9-11-22-12-10-21/h15-18H,3-14H2,1-2H3. The molecule has 2 atom stereocenters. The average molecular weight is 310 g/mol. The first-order valence-electron chi connectivity index (χ1n) is 9.15. The van der Waals surface area contributed by atoms with Gasteiger partial charge in [-0.15, -0.1) is 0 Å². The molecule has 3 aliphatic heterocycles. The van der Waals surface area contributed by atoms with Crippen molar-refractivity contribution in [2.24, 2.45) is 5.92 Å². The van der Waals surface area contributed by atoms with Gasteiger partial charge < -0.3 is 15.0 Å². The van der Waals surface area contributed by atoms with Crippen LogP contribution < -0.4 is 5.32 Å². The number of ether oxygens (including phenoxy) is 1. The summed E-state index contributed by atoms with van der Waals surface area (Å²) in [5.41, 5.74) is 0. The van der Waals surface area contributed by atoms with Crippen LogP contribution in [0.1, 0.15) is 19.3 Å². The normalized spacial score (nSPS) is 33.4. The summed E-state index contributed by atoms with van der Waals surface area (Å²) < 4.78 is 5.50. The van der Waals surface area contributed by atoms with Gasteiger partial charge in [0.05, 0.1) is 13.2 Å². The largest absolute Gasteiger partial charge is 0.379 e. The predicted molar refractivity (Wildman–Crippen MR) is 90.3 cm³/mol. The van der Waals surface area contributed by atoms with Crippen molar-refractivity contribution in [3.05, 3.63) is 0 Å². The number of piperidine rings is 2. The second kappa shape index (κ2) is 8.06. The molecule has 0 aliphatic carbocycles. The fourth-order valence-electron chi connectivity index (χ4n) is 4.37. The van der Waals surface area contributed by atoms with Gasteiger partial charge >= 0.3 is 0 Å². The van der Waals surface area contributed by atoms with E-state index in [1.807, 2.05) is 0 Å². The van der Waals surface area contributed by atoms with E-state index in [1.165, 1.54) is 45.4 Å². The molecule has 128 valence electrons. The zero-order valence-electron chi connectivity index (χ0n) is 14.5. The monoisotopic (exact) mass is 310 g/mol. The van der Waals surface area contributed by atoms with Crippen LogP contribution in [-0.4, -0.2) is 99.9 Å². The minimum atomic E-state index is 0.699. The maximum Gasteiger partial charge on any atom is 0.0594 e. The van der Waals surface area contributed by atoms with E-state index in [9.17, 15) is 0 Å². The predicted octanol–water partition coefficient (Wildman–Crippen LogP) is 0.323. The van der Waals surface area contributed by atoms with E-state index < -0.39 is 0 Å². The Labute approximate surface area is 136 Å². The molecule has 1 N–H and O–H groups in total. The number of hydrogen-bond donors (Lipinski definition) is 1. The molecule has 0 aromatic heterocycles. The number of hydrogen-bond acceptors (Lipinski definition) is 5. The molecule has 0 aromatic carbocycles. The lowest BCUT2D eigenvalue weighted by molar-refractivity contribution is 0.00769. The lowest BCUT2D eigenvalue weighted by atomic mass is 9.88. The molecule has 0 saturated carbocycles. The van der Waals surface area contributed by atoms with Gasteiger partial charge in [0.15, 0.2) is 0 Å². The highest BCUT2D eigenvalue weighted by atomic mass is 16.5. The van der Waals surface area contributed by atoms with Crippen LogP contribution in [0.3, 0.4) is 0 Å². The lowest BCUT2D eigenvalue weighted by Gasteiger charge is -2.45. The van der Waals surface area contributed by atoms with Gasteiger partial charge in [0, 0.05) is 38.3 Å². The van der Waals surface area contributed by atoms with Gasteiger partial charge in [0.25, 0.3) is 0 Å². The van der Waals surface area contributed by atoms with Gasteiger partial charge in [0.1, 0.15) is 0 Å². The number of nitrogens with zero attached hydrogens (tertiary/aromatic N) is 3. The lowest BCUT2D eigenvalue weighted by Crippen LogP contribution is -2.57. The Morgan fingerprint density at radius 2 is 1.82 bits per heavy atom. The van der Waals surface area contributed by atoms with Crippen LogP contribution >= 0.6 is 0 Å². The van der Waals surface area contributed by atoms with Crippen LogP contribution in [0, 0.1) is 5.92 Å². The van der Waals surface area contributed by atoms with Crippen molar-refractivity contribution >= 4 is 0 Å². The molecule has 0 aromatic rings. The maximum absolute atomic E-state index is 5.50. The molecule has 5 heteroatoms. The van der Waals surface area contributed by atoms with Crippen LogP contribution in [0.2, 0.25) is 0 Å². The van der Waals surface area contributed by atoms with Crippen molar-refractivity contribution < 1.29 is 4.74 Å². The van der Waals surface area contributed by atoms with Crippen molar-refractivity contribution in [2.45, 2.75) is 31.3 Å². The number of rotatable bonds is 4. The highest BCUT2D eigenvalue weighted by molar-refractivity contribution is 4.90. The Balaban J connectivity index is 1.56. The molecule has 3 aliphatic rings. The first-order chi connectivity index (χ1) is 10.7. The Morgan fingerprint density at radius 3 is 2.55 bits per heavy atom. The summed E-state index contributed by atoms with van der Waals surface area (Å²) >= 11 is 0. The summed E-state index contributed by atoms with van der Waals surface area (Å²) in [4.78, 5) is 7.80. The molecule has 0 bridgehead atoms. The molecular weight excluding hydrogens is 276 g/mol. The SMILES string of the molecule is CN1CCC(N(C)C2CNCCC2CN2CCOCC2)CC1. The van der Waals surface area contributed by atoms with E-state index >= 15 is 0 Å². The van der Waals surface area contributed by atoms with Gasteiger partial charge in [-0.05, 0) is 58.9 Å². The van der Waals surface area contributed by atoms with Crippen LogP contribution in [0.15, 0.2) is 0 Å². The van der Waals surface area contributed by atoms with E-state index in [4.69, 9.17) is 4.74 Å². The van der Waals surface area contributed by atoms with Gasteiger partial charge in [-0.2, -0.15) is 0 Å². The molecule has 22 heavy (non-hydrogen) atoms. The summed E-state index contributed by atoms with van der Waals surface area (Å²) in [7, 11) is 4.62. The Morgan fingerprint density at radius 1 is 1.09 bits per heavy atom. The topological polar surface area (TPSA) is 31.0 Å². The zero-order valence-corrected chi connectivity index (χ0v) is 14.5. The molecular formula is C17H34N4O. The Hall–Kier alpha value is -0.200. The summed E-state index contributed by atoms with van der Waals surface area (Å²) in [6, 6.07) is 1.47. The van der Waals surface area contributed by atoms with Crippen molar-refractivity contribution in [1.82, 2.24) is 20.0 Å². The van der Waals surface area contributed by atoms with Crippen molar-refractivity contribution in [3.8, 4) is 0 Å². The minimum Gasteiger partial charge on any atom is -0.379 e. The van der Waals surface area contributed by atoms with E-state index in [0.29, 0.717) is 6.04 Å². The van der Waals surface area contributed by atoms with Gasteiger partial charge in [-0.3, -0.25) is 9.80 Å². The first-order valence-corrected chi connectivity index (χ1v) is 9.15. The third-order valence-corrected chi connectivity index (χ3v) is 5.97.